The average molecular weight is 444 g/mol. The third-order valence-electron chi connectivity index (χ3n) is 4.97. The van der Waals surface area contributed by atoms with Gasteiger partial charge in [-0.15, -0.1) is 11.3 Å². The van der Waals surface area contributed by atoms with Gasteiger partial charge in [0.1, 0.15) is 11.2 Å². The number of halogens is 1. The Morgan fingerprint density at radius 2 is 1.81 bits per heavy atom. The van der Waals surface area contributed by atoms with Gasteiger partial charge >= 0.3 is 0 Å². The van der Waals surface area contributed by atoms with Crippen LogP contribution in [0.4, 0.5) is 10.1 Å². The van der Waals surface area contributed by atoms with Gasteiger partial charge in [-0.25, -0.2) is 9.97 Å². The van der Waals surface area contributed by atoms with Gasteiger partial charge in [0.05, 0.1) is 22.8 Å². The highest BCUT2D eigenvalue weighted by molar-refractivity contribution is 7.14. The van der Waals surface area contributed by atoms with E-state index in [0.717, 1.165) is 43.8 Å². The summed E-state index contributed by atoms with van der Waals surface area (Å²) in [6.07, 6.45) is 8.45. The second-order valence-corrected chi connectivity index (χ2v) is 8.01. The molecule has 6 aromatic rings. The lowest BCUT2D eigenvalue weighted by atomic mass is 10.1. The first-order valence-electron chi connectivity index (χ1n) is 9.30. The molecule has 0 fully saturated rings. The Morgan fingerprint density at radius 1 is 0.969 bits per heavy atom. The van der Waals surface area contributed by atoms with Crippen LogP contribution >= 0.6 is 11.3 Å². The molecule has 6 aromatic heterocycles. The van der Waals surface area contributed by atoms with Crippen molar-refractivity contribution in [2.75, 3.05) is 5.73 Å². The number of thiophene rings is 1. The van der Waals surface area contributed by atoms with E-state index in [1.54, 1.807) is 37.1 Å². The van der Waals surface area contributed by atoms with Gasteiger partial charge in [0.25, 0.3) is 0 Å². The molecule has 8 nitrogen and oxygen atoms in total. The number of nitrogens with two attached hydrogens (primary N) is 1. The number of H-pyrrole nitrogens is 2. The van der Waals surface area contributed by atoms with Gasteiger partial charge in [0.15, 0.2) is 16.6 Å². The van der Waals surface area contributed by atoms with Crippen LogP contribution in [0.1, 0.15) is 7.43 Å². The van der Waals surface area contributed by atoms with Gasteiger partial charge in [0.2, 0.25) is 0 Å². The summed E-state index contributed by atoms with van der Waals surface area (Å²) in [6.45, 7) is 0. The number of rotatable bonds is 3. The fraction of sp³-hybridized carbons (Fsp3) is 0.0455. The van der Waals surface area contributed by atoms with E-state index in [4.69, 9.17) is 10.7 Å². The van der Waals surface area contributed by atoms with Crippen molar-refractivity contribution in [2.45, 2.75) is 7.43 Å². The topological polar surface area (TPSA) is 122 Å². The second kappa shape index (κ2) is 7.50. The van der Waals surface area contributed by atoms with Crippen molar-refractivity contribution in [3.05, 3.63) is 60.4 Å². The first kappa shape index (κ1) is 19.8. The number of anilines is 1. The van der Waals surface area contributed by atoms with Gasteiger partial charge in [-0.2, -0.15) is 9.49 Å². The first-order valence-corrected chi connectivity index (χ1v) is 10.1. The van der Waals surface area contributed by atoms with E-state index in [-0.39, 0.29) is 12.6 Å². The lowest BCUT2D eigenvalue weighted by molar-refractivity contribution is 0.657. The Hall–Kier alpha value is -4.18. The van der Waals surface area contributed by atoms with E-state index >= 15 is 0 Å². The Labute approximate surface area is 185 Å². The Morgan fingerprint density at radius 3 is 2.62 bits per heavy atom. The molecule has 158 valence electrons. The molecule has 0 aromatic carbocycles. The zero-order valence-electron chi connectivity index (χ0n) is 15.8. The predicted molar refractivity (Wildman–Crippen MR) is 124 cm³/mol. The van der Waals surface area contributed by atoms with Crippen molar-refractivity contribution >= 4 is 39.1 Å². The quantitative estimate of drug-likeness (QED) is 0.351. The number of hydrogen-bond acceptors (Lipinski definition) is 7. The van der Waals surface area contributed by atoms with Crippen LogP contribution in [0.2, 0.25) is 0 Å². The molecule has 0 aliphatic carbocycles. The number of pyridine rings is 3. The number of nitrogen functional groups attached to an aromatic ring is 1. The van der Waals surface area contributed by atoms with Crippen LogP contribution in [0.3, 0.4) is 0 Å². The summed E-state index contributed by atoms with van der Waals surface area (Å²) in [4.78, 5) is 21.7. The highest BCUT2D eigenvalue weighted by atomic mass is 32.1. The highest BCUT2D eigenvalue weighted by Crippen LogP contribution is 2.34. The first-order chi connectivity index (χ1) is 15.2. The third kappa shape index (κ3) is 3.17. The van der Waals surface area contributed by atoms with E-state index < -0.39 is 0 Å². The lowest BCUT2D eigenvalue weighted by Gasteiger charge is -2.02. The van der Waals surface area contributed by atoms with Crippen molar-refractivity contribution in [3.63, 3.8) is 0 Å². The Balaban J connectivity index is 0.00000216. The molecule has 0 unspecified atom stereocenters. The molecule has 0 amide bonds. The van der Waals surface area contributed by atoms with Gasteiger partial charge in [-0.1, -0.05) is 7.43 Å². The molecule has 6 rings (SSSR count). The second-order valence-electron chi connectivity index (χ2n) is 6.97. The molecule has 0 spiro atoms. The third-order valence-corrected chi connectivity index (χ3v) is 5.88. The zero-order chi connectivity index (χ0) is 20.9. The number of hydrogen-bond donors (Lipinski definition) is 3. The van der Waals surface area contributed by atoms with E-state index in [2.05, 4.69) is 30.1 Å². The number of imidazole rings is 1. The lowest BCUT2D eigenvalue weighted by Crippen LogP contribution is -1.89. The van der Waals surface area contributed by atoms with Crippen LogP contribution in [-0.4, -0.2) is 35.1 Å². The fourth-order valence-corrected chi connectivity index (χ4v) is 4.29. The van der Waals surface area contributed by atoms with Crippen molar-refractivity contribution in [1.82, 2.24) is 35.1 Å². The van der Waals surface area contributed by atoms with Crippen molar-refractivity contribution in [2.24, 2.45) is 0 Å². The van der Waals surface area contributed by atoms with E-state index in [0.29, 0.717) is 28.4 Å². The van der Waals surface area contributed by atoms with Crippen LogP contribution in [0, 0.1) is 5.13 Å². The largest absolute Gasteiger partial charge is 0.397 e. The molecule has 6 heterocycles. The number of nitrogens with one attached hydrogen (secondary N) is 2. The van der Waals surface area contributed by atoms with Crippen molar-refractivity contribution < 1.29 is 4.39 Å². The summed E-state index contributed by atoms with van der Waals surface area (Å²) in [6, 6.07) is 6.98. The molecule has 4 N–H and O–H groups in total. The average Bonchev–Trinajstić information content (AvgIpc) is 3.50. The molecule has 32 heavy (non-hydrogen) atoms. The zero-order valence-corrected chi connectivity index (χ0v) is 16.6. The number of aromatic nitrogens is 7. The smallest absolute Gasteiger partial charge is 0.181 e. The van der Waals surface area contributed by atoms with Crippen LogP contribution in [0.5, 0.6) is 0 Å². The summed E-state index contributed by atoms with van der Waals surface area (Å²) in [7, 11) is 0. The Bertz CT molecular complexity index is 1580. The summed E-state index contributed by atoms with van der Waals surface area (Å²) < 4.78 is 13.6. The predicted octanol–water partition coefficient (Wildman–Crippen LogP) is 5.04. The maximum Gasteiger partial charge on any atom is 0.181 e. The van der Waals surface area contributed by atoms with Crippen LogP contribution in [0.25, 0.3) is 55.2 Å². The van der Waals surface area contributed by atoms with E-state index in [9.17, 15) is 4.39 Å². The summed E-state index contributed by atoms with van der Waals surface area (Å²) in [5.41, 5.74) is 11.6. The highest BCUT2D eigenvalue weighted by Gasteiger charge is 2.17. The minimum absolute atomic E-state index is 0. The summed E-state index contributed by atoms with van der Waals surface area (Å²) in [5, 5.41) is 7.87. The van der Waals surface area contributed by atoms with Gasteiger partial charge in [-0.05, 0) is 24.3 Å². The van der Waals surface area contributed by atoms with Gasteiger partial charge in [0, 0.05) is 46.4 Å². The molecule has 0 radical (unpaired) electrons. The number of nitrogens with zero attached hydrogens (tertiary/aromatic N) is 5. The molecular weight excluding hydrogens is 427 g/mol. The van der Waals surface area contributed by atoms with Crippen LogP contribution in [-0.2, 0) is 0 Å². The monoisotopic (exact) mass is 444 g/mol. The SMILES string of the molecule is C.Nc1cncc(-c2cnc3n[nH]c(-c4nc5c(-c6ccc(F)s6)cncc5[nH]4)c3c2)c1. The molecule has 0 bridgehead atoms. The molecule has 0 aliphatic rings. The Kier molecular flexibility index (Phi) is 4.63. The normalized spacial score (nSPS) is 11.2. The van der Waals surface area contributed by atoms with Gasteiger partial charge < -0.3 is 10.7 Å². The van der Waals surface area contributed by atoms with E-state index in [1.165, 1.54) is 6.07 Å². The molecule has 0 saturated heterocycles. The maximum absolute atomic E-state index is 13.6. The minimum Gasteiger partial charge on any atom is -0.397 e. The van der Waals surface area contributed by atoms with Crippen LogP contribution in [0.15, 0.2) is 55.2 Å². The molecule has 0 aliphatic heterocycles. The van der Waals surface area contributed by atoms with Crippen molar-refractivity contribution in [3.8, 4) is 33.1 Å². The number of aromatic amines is 2. The summed E-state index contributed by atoms with van der Waals surface area (Å²) in [5.74, 6) is 0.591. The minimum atomic E-state index is -0.253. The molecule has 10 heteroatoms. The molecule has 0 atom stereocenters. The molecule has 0 saturated carbocycles. The van der Waals surface area contributed by atoms with Gasteiger partial charge in [-0.3, -0.25) is 15.1 Å². The summed E-state index contributed by atoms with van der Waals surface area (Å²) >= 11 is 1.06. The van der Waals surface area contributed by atoms with Crippen LogP contribution < -0.4 is 5.73 Å². The van der Waals surface area contributed by atoms with Crippen molar-refractivity contribution in [1.29, 1.82) is 0 Å². The maximum atomic E-state index is 13.6. The van der Waals surface area contributed by atoms with E-state index in [1.807, 2.05) is 12.1 Å². The molecular formula is C22H17FN8S. The standard InChI is InChI=1S/C21H13FN8S.CH4/c22-17-2-1-16(31-17)14-8-25-9-15-18(14)28-21(27-15)19-13-4-11(6-26-20(13)30-29-19)10-3-12(23)7-24-5-10;/h1-9H,23H2,(H,27,28)(H,26,29,30);1H4. The number of fused-ring (bicyclic) bond motifs is 2. The fourth-order valence-electron chi connectivity index (χ4n) is 3.54.